The molecule has 0 saturated carbocycles. The van der Waals surface area contributed by atoms with E-state index in [-0.39, 0.29) is 5.82 Å². The number of benzene rings is 1. The average Bonchev–Trinajstić information content (AvgIpc) is 2.83. The Morgan fingerprint density at radius 3 is 2.85 bits per heavy atom. The van der Waals surface area contributed by atoms with Crippen molar-refractivity contribution >= 4 is 0 Å². The Balaban J connectivity index is 2.06. The third-order valence-corrected chi connectivity index (χ3v) is 4.20. The van der Waals surface area contributed by atoms with E-state index >= 15 is 0 Å². The zero-order chi connectivity index (χ0) is 14.5. The molecule has 1 aliphatic rings. The second kappa shape index (κ2) is 7.19. The van der Waals surface area contributed by atoms with Crippen molar-refractivity contribution in [1.82, 2.24) is 5.32 Å². The first-order chi connectivity index (χ1) is 9.60. The van der Waals surface area contributed by atoms with Gasteiger partial charge in [0.25, 0.3) is 0 Å². The summed E-state index contributed by atoms with van der Waals surface area (Å²) in [6.45, 7) is 8.17. The number of aryl methyl sites for hydroxylation is 1. The van der Waals surface area contributed by atoms with Crippen molar-refractivity contribution < 1.29 is 9.13 Å². The molecule has 1 saturated heterocycles. The van der Waals surface area contributed by atoms with Crippen LogP contribution < -0.4 is 5.32 Å². The molecule has 1 aromatic carbocycles. The molecule has 3 atom stereocenters. The topological polar surface area (TPSA) is 21.3 Å². The molecule has 0 spiro atoms. The van der Waals surface area contributed by atoms with Crippen molar-refractivity contribution in [1.29, 1.82) is 0 Å². The van der Waals surface area contributed by atoms with Crippen molar-refractivity contribution in [3.63, 3.8) is 0 Å². The van der Waals surface area contributed by atoms with Crippen molar-refractivity contribution in [2.24, 2.45) is 5.92 Å². The van der Waals surface area contributed by atoms with Crippen molar-refractivity contribution in [3.8, 4) is 0 Å². The van der Waals surface area contributed by atoms with Crippen LogP contribution in [0.25, 0.3) is 0 Å². The highest BCUT2D eigenvalue weighted by Gasteiger charge is 2.29. The van der Waals surface area contributed by atoms with E-state index in [0.717, 1.165) is 38.0 Å². The second-order valence-electron chi connectivity index (χ2n) is 5.98. The molecule has 1 aliphatic heterocycles. The molecular weight excluding hydrogens is 253 g/mol. The Labute approximate surface area is 121 Å². The normalized spacial score (nSPS) is 24.0. The van der Waals surface area contributed by atoms with E-state index in [9.17, 15) is 4.39 Å². The second-order valence-corrected chi connectivity index (χ2v) is 5.98. The summed E-state index contributed by atoms with van der Waals surface area (Å²) in [5, 5.41) is 3.65. The number of ether oxygens (including phenoxy) is 1. The van der Waals surface area contributed by atoms with Gasteiger partial charge in [-0.15, -0.1) is 0 Å². The van der Waals surface area contributed by atoms with Crippen molar-refractivity contribution in [3.05, 3.63) is 35.1 Å². The summed E-state index contributed by atoms with van der Waals surface area (Å²) < 4.78 is 18.9. The molecule has 0 bridgehead atoms. The quantitative estimate of drug-likeness (QED) is 0.861. The fourth-order valence-electron chi connectivity index (χ4n) is 2.99. The van der Waals surface area contributed by atoms with Gasteiger partial charge in [0.1, 0.15) is 5.82 Å². The van der Waals surface area contributed by atoms with Gasteiger partial charge in [-0.2, -0.15) is 0 Å². The Bertz CT molecular complexity index is 435. The summed E-state index contributed by atoms with van der Waals surface area (Å²) in [5.74, 6) is 0.406. The van der Waals surface area contributed by atoms with E-state index in [1.165, 1.54) is 5.56 Å². The minimum atomic E-state index is -0.151. The lowest BCUT2D eigenvalue weighted by Gasteiger charge is -2.25. The predicted octanol–water partition coefficient (Wildman–Crippen LogP) is 3.47. The predicted molar refractivity (Wildman–Crippen MR) is 80.4 cm³/mol. The van der Waals surface area contributed by atoms with Gasteiger partial charge in [-0.25, -0.2) is 4.39 Å². The van der Waals surface area contributed by atoms with Crippen LogP contribution in [-0.4, -0.2) is 25.3 Å². The highest BCUT2D eigenvalue weighted by molar-refractivity contribution is 5.27. The molecule has 20 heavy (non-hydrogen) atoms. The Hall–Kier alpha value is -0.930. The minimum Gasteiger partial charge on any atom is -0.378 e. The maximum absolute atomic E-state index is 13.2. The Morgan fingerprint density at radius 1 is 1.45 bits per heavy atom. The first-order valence-electron chi connectivity index (χ1n) is 7.70. The monoisotopic (exact) mass is 279 g/mol. The lowest BCUT2D eigenvalue weighted by atomic mass is 9.90. The van der Waals surface area contributed by atoms with Gasteiger partial charge in [-0.1, -0.05) is 13.0 Å². The molecule has 2 rings (SSSR count). The average molecular weight is 279 g/mol. The first-order valence-corrected chi connectivity index (χ1v) is 7.70. The van der Waals surface area contributed by atoms with E-state index in [4.69, 9.17) is 4.74 Å². The van der Waals surface area contributed by atoms with E-state index in [1.54, 1.807) is 12.1 Å². The van der Waals surface area contributed by atoms with Crippen LogP contribution in [0, 0.1) is 18.7 Å². The molecule has 3 unspecified atom stereocenters. The minimum absolute atomic E-state index is 0.151. The summed E-state index contributed by atoms with van der Waals surface area (Å²) in [4.78, 5) is 0. The van der Waals surface area contributed by atoms with Crippen LogP contribution in [0.2, 0.25) is 0 Å². The van der Waals surface area contributed by atoms with Gasteiger partial charge in [-0.3, -0.25) is 0 Å². The molecule has 0 radical (unpaired) electrons. The zero-order valence-electron chi connectivity index (χ0n) is 12.8. The fourth-order valence-corrected chi connectivity index (χ4v) is 2.99. The van der Waals surface area contributed by atoms with E-state index in [0.29, 0.717) is 18.1 Å². The van der Waals surface area contributed by atoms with Crippen LogP contribution in [0.4, 0.5) is 4.39 Å². The van der Waals surface area contributed by atoms with E-state index < -0.39 is 0 Å². The molecule has 2 nitrogen and oxygen atoms in total. The summed E-state index contributed by atoms with van der Waals surface area (Å²) in [7, 11) is 0. The highest BCUT2D eigenvalue weighted by Crippen LogP contribution is 2.25. The number of hydrogen-bond acceptors (Lipinski definition) is 2. The summed E-state index contributed by atoms with van der Waals surface area (Å²) in [6.07, 6.45) is 3.55. The van der Waals surface area contributed by atoms with Crippen LogP contribution >= 0.6 is 0 Å². The molecule has 0 aromatic heterocycles. The number of rotatable bonds is 6. The van der Waals surface area contributed by atoms with Gasteiger partial charge in [0.05, 0.1) is 12.7 Å². The molecule has 1 aromatic rings. The van der Waals surface area contributed by atoms with E-state index in [1.807, 2.05) is 13.0 Å². The Kier molecular flexibility index (Phi) is 5.55. The third kappa shape index (κ3) is 4.03. The van der Waals surface area contributed by atoms with Crippen LogP contribution in [-0.2, 0) is 11.2 Å². The molecule has 1 heterocycles. The van der Waals surface area contributed by atoms with Crippen LogP contribution in [0.5, 0.6) is 0 Å². The summed E-state index contributed by atoms with van der Waals surface area (Å²) >= 11 is 0. The van der Waals surface area contributed by atoms with Crippen LogP contribution in [0.1, 0.15) is 37.8 Å². The van der Waals surface area contributed by atoms with Crippen LogP contribution in [0.3, 0.4) is 0 Å². The van der Waals surface area contributed by atoms with Gasteiger partial charge in [0, 0.05) is 12.0 Å². The number of hydrogen-bond donors (Lipinski definition) is 1. The van der Waals surface area contributed by atoms with E-state index in [2.05, 4.69) is 19.2 Å². The standard InChI is InChI=1S/C17H26FNO/c1-4-7-19-17(15-9-13(3)20-11-15)10-14-5-6-16(18)8-12(14)2/h5-6,8,13,15,17,19H,4,7,9-11H2,1-3H3. The zero-order valence-corrected chi connectivity index (χ0v) is 12.8. The SMILES string of the molecule is CCCNC(Cc1ccc(F)cc1C)C1COC(C)C1. The van der Waals surface area contributed by atoms with Crippen molar-refractivity contribution in [2.75, 3.05) is 13.2 Å². The van der Waals surface area contributed by atoms with Gasteiger partial charge < -0.3 is 10.1 Å². The lowest BCUT2D eigenvalue weighted by Crippen LogP contribution is -2.39. The largest absolute Gasteiger partial charge is 0.378 e. The maximum atomic E-state index is 13.2. The molecular formula is C17H26FNO. The molecule has 3 heteroatoms. The van der Waals surface area contributed by atoms with Crippen LogP contribution in [0.15, 0.2) is 18.2 Å². The van der Waals surface area contributed by atoms with Gasteiger partial charge in [-0.05, 0) is 62.9 Å². The first kappa shape index (κ1) is 15.5. The lowest BCUT2D eigenvalue weighted by molar-refractivity contribution is 0.117. The van der Waals surface area contributed by atoms with Crippen molar-refractivity contribution in [2.45, 2.75) is 52.2 Å². The van der Waals surface area contributed by atoms with Gasteiger partial charge in [0.2, 0.25) is 0 Å². The van der Waals surface area contributed by atoms with Gasteiger partial charge >= 0.3 is 0 Å². The Morgan fingerprint density at radius 2 is 2.25 bits per heavy atom. The summed E-state index contributed by atoms with van der Waals surface area (Å²) in [6, 6.07) is 5.53. The highest BCUT2D eigenvalue weighted by atomic mass is 19.1. The number of nitrogens with one attached hydrogen (secondary N) is 1. The summed E-state index contributed by atoms with van der Waals surface area (Å²) in [5.41, 5.74) is 2.28. The molecule has 1 fully saturated rings. The van der Waals surface area contributed by atoms with Gasteiger partial charge in [0.15, 0.2) is 0 Å². The number of halogens is 1. The molecule has 112 valence electrons. The molecule has 0 aliphatic carbocycles. The maximum Gasteiger partial charge on any atom is 0.123 e. The molecule has 1 N–H and O–H groups in total. The fraction of sp³-hybridized carbons (Fsp3) is 0.647. The smallest absolute Gasteiger partial charge is 0.123 e. The molecule has 0 amide bonds. The third-order valence-electron chi connectivity index (χ3n) is 4.20.